The van der Waals surface area contributed by atoms with Crippen LogP contribution in [0.1, 0.15) is 34.5 Å². The van der Waals surface area contributed by atoms with Gasteiger partial charge in [-0.05, 0) is 55.3 Å². The number of anilines is 1. The van der Waals surface area contributed by atoms with E-state index in [9.17, 15) is 4.79 Å². The Labute approximate surface area is 126 Å². The Morgan fingerprint density at radius 3 is 2.60 bits per heavy atom. The lowest BCUT2D eigenvalue weighted by Gasteiger charge is -2.18. The average Bonchev–Trinajstić information content (AvgIpc) is 2.40. The largest absolute Gasteiger partial charge is 0.478 e. The highest BCUT2D eigenvalue weighted by Crippen LogP contribution is 2.24. The number of carboxylic acids is 1. The second kappa shape index (κ2) is 6.09. The van der Waals surface area contributed by atoms with Crippen molar-refractivity contribution in [1.82, 2.24) is 0 Å². The minimum absolute atomic E-state index is 0.141. The molecule has 0 fully saturated rings. The van der Waals surface area contributed by atoms with E-state index < -0.39 is 5.97 Å². The number of rotatable bonds is 4. The highest BCUT2D eigenvalue weighted by molar-refractivity contribution is 9.10. The minimum Gasteiger partial charge on any atom is -0.478 e. The maximum absolute atomic E-state index is 10.9. The van der Waals surface area contributed by atoms with Gasteiger partial charge in [-0.1, -0.05) is 28.1 Å². The molecule has 0 saturated carbocycles. The van der Waals surface area contributed by atoms with Crippen molar-refractivity contribution >= 4 is 27.6 Å². The first-order valence-electron chi connectivity index (χ1n) is 6.33. The van der Waals surface area contributed by atoms with E-state index in [1.165, 1.54) is 5.56 Å². The zero-order chi connectivity index (χ0) is 14.7. The topological polar surface area (TPSA) is 49.3 Å². The van der Waals surface area contributed by atoms with Gasteiger partial charge in [0.05, 0.1) is 5.56 Å². The fraction of sp³-hybridized carbons (Fsp3) is 0.188. The van der Waals surface area contributed by atoms with Crippen LogP contribution in [0.3, 0.4) is 0 Å². The molecule has 0 aromatic heterocycles. The molecule has 0 aliphatic heterocycles. The van der Waals surface area contributed by atoms with Gasteiger partial charge in [0.1, 0.15) is 0 Å². The standard InChI is InChI=1S/C16H16BrNO2/c1-10-8-13(16(19)20)6-7-15(10)18-11(2)12-4-3-5-14(17)9-12/h3-9,11,18H,1-2H3,(H,19,20). The van der Waals surface area contributed by atoms with Crippen molar-refractivity contribution in [3.63, 3.8) is 0 Å². The van der Waals surface area contributed by atoms with Gasteiger partial charge in [-0.3, -0.25) is 0 Å². The number of carbonyl (C=O) groups is 1. The number of nitrogens with one attached hydrogen (secondary N) is 1. The second-order valence-electron chi connectivity index (χ2n) is 4.76. The van der Waals surface area contributed by atoms with Crippen LogP contribution in [0.15, 0.2) is 46.9 Å². The van der Waals surface area contributed by atoms with Gasteiger partial charge >= 0.3 is 5.97 Å². The lowest BCUT2D eigenvalue weighted by atomic mass is 10.1. The van der Waals surface area contributed by atoms with Gasteiger partial charge in [-0.2, -0.15) is 0 Å². The third-order valence-corrected chi connectivity index (χ3v) is 3.69. The van der Waals surface area contributed by atoms with Crippen molar-refractivity contribution in [3.05, 3.63) is 63.6 Å². The van der Waals surface area contributed by atoms with Gasteiger partial charge in [0.2, 0.25) is 0 Å². The second-order valence-corrected chi connectivity index (χ2v) is 5.67. The Balaban J connectivity index is 2.19. The van der Waals surface area contributed by atoms with Crippen LogP contribution in [0.2, 0.25) is 0 Å². The molecule has 2 aromatic rings. The van der Waals surface area contributed by atoms with Gasteiger partial charge < -0.3 is 10.4 Å². The lowest BCUT2D eigenvalue weighted by Crippen LogP contribution is -2.08. The molecular formula is C16H16BrNO2. The molecule has 4 heteroatoms. The Hall–Kier alpha value is -1.81. The van der Waals surface area contributed by atoms with E-state index in [1.807, 2.05) is 25.1 Å². The molecule has 20 heavy (non-hydrogen) atoms. The van der Waals surface area contributed by atoms with Gasteiger partial charge in [0.25, 0.3) is 0 Å². The van der Waals surface area contributed by atoms with Crippen LogP contribution in [-0.4, -0.2) is 11.1 Å². The summed E-state index contributed by atoms with van der Waals surface area (Å²) >= 11 is 3.46. The molecule has 0 spiro atoms. The quantitative estimate of drug-likeness (QED) is 0.857. The van der Waals surface area contributed by atoms with E-state index in [2.05, 4.69) is 40.3 Å². The van der Waals surface area contributed by atoms with Crippen LogP contribution >= 0.6 is 15.9 Å². The maximum atomic E-state index is 10.9. The Kier molecular flexibility index (Phi) is 4.45. The smallest absolute Gasteiger partial charge is 0.335 e. The minimum atomic E-state index is -0.903. The summed E-state index contributed by atoms with van der Waals surface area (Å²) in [5.41, 5.74) is 3.35. The summed E-state index contributed by atoms with van der Waals surface area (Å²) in [6, 6.07) is 13.4. The SMILES string of the molecule is Cc1cc(C(=O)O)ccc1NC(C)c1cccc(Br)c1. The number of halogens is 1. The van der Waals surface area contributed by atoms with Crippen molar-refractivity contribution in [2.45, 2.75) is 19.9 Å². The summed E-state index contributed by atoms with van der Waals surface area (Å²) in [4.78, 5) is 10.9. The van der Waals surface area contributed by atoms with Crippen LogP contribution in [0.4, 0.5) is 5.69 Å². The number of benzene rings is 2. The zero-order valence-corrected chi connectivity index (χ0v) is 12.9. The molecular weight excluding hydrogens is 318 g/mol. The van der Waals surface area contributed by atoms with Crippen LogP contribution in [0.5, 0.6) is 0 Å². The molecule has 2 aromatic carbocycles. The van der Waals surface area contributed by atoms with Gasteiger partial charge in [0.15, 0.2) is 0 Å². The average molecular weight is 334 g/mol. The van der Waals surface area contributed by atoms with Crippen LogP contribution in [0, 0.1) is 6.92 Å². The van der Waals surface area contributed by atoms with E-state index in [0.29, 0.717) is 5.56 Å². The molecule has 104 valence electrons. The number of carboxylic acid groups (broad SMARTS) is 1. The van der Waals surface area contributed by atoms with E-state index in [4.69, 9.17) is 5.11 Å². The Bertz CT molecular complexity index is 640. The molecule has 2 rings (SSSR count). The molecule has 0 heterocycles. The van der Waals surface area contributed by atoms with Crippen LogP contribution < -0.4 is 5.32 Å². The van der Waals surface area contributed by atoms with Crippen molar-refractivity contribution in [2.75, 3.05) is 5.32 Å². The third-order valence-electron chi connectivity index (χ3n) is 3.19. The Morgan fingerprint density at radius 2 is 2.00 bits per heavy atom. The molecule has 3 nitrogen and oxygen atoms in total. The number of aromatic carboxylic acids is 1. The molecule has 0 saturated heterocycles. The van der Waals surface area contributed by atoms with Crippen molar-refractivity contribution in [3.8, 4) is 0 Å². The highest BCUT2D eigenvalue weighted by atomic mass is 79.9. The molecule has 0 amide bonds. The molecule has 0 radical (unpaired) electrons. The van der Waals surface area contributed by atoms with Crippen molar-refractivity contribution in [1.29, 1.82) is 0 Å². The predicted molar refractivity (Wildman–Crippen MR) is 84.3 cm³/mol. The van der Waals surface area contributed by atoms with E-state index >= 15 is 0 Å². The molecule has 2 N–H and O–H groups in total. The first-order chi connectivity index (χ1) is 9.47. The normalized spacial score (nSPS) is 11.9. The highest BCUT2D eigenvalue weighted by Gasteiger charge is 2.09. The van der Waals surface area contributed by atoms with Gasteiger partial charge in [-0.15, -0.1) is 0 Å². The summed E-state index contributed by atoms with van der Waals surface area (Å²) in [5, 5.41) is 12.4. The van der Waals surface area contributed by atoms with Crippen LogP contribution in [0.25, 0.3) is 0 Å². The van der Waals surface area contributed by atoms with Crippen molar-refractivity contribution in [2.24, 2.45) is 0 Å². The zero-order valence-electron chi connectivity index (χ0n) is 11.4. The van der Waals surface area contributed by atoms with E-state index in [-0.39, 0.29) is 6.04 Å². The fourth-order valence-electron chi connectivity index (χ4n) is 2.05. The first-order valence-corrected chi connectivity index (χ1v) is 7.12. The molecule has 0 aliphatic carbocycles. The van der Waals surface area contributed by atoms with E-state index in [1.54, 1.807) is 12.1 Å². The summed E-state index contributed by atoms with van der Waals surface area (Å²) in [6.07, 6.45) is 0. The summed E-state index contributed by atoms with van der Waals surface area (Å²) in [6.45, 7) is 3.98. The number of hydrogen-bond acceptors (Lipinski definition) is 2. The molecule has 1 atom stereocenters. The first kappa shape index (κ1) is 14.6. The van der Waals surface area contributed by atoms with Gasteiger partial charge in [0, 0.05) is 16.2 Å². The summed E-state index contributed by atoms with van der Waals surface area (Å²) in [5.74, 6) is -0.903. The summed E-state index contributed by atoms with van der Waals surface area (Å²) in [7, 11) is 0. The monoisotopic (exact) mass is 333 g/mol. The maximum Gasteiger partial charge on any atom is 0.335 e. The summed E-state index contributed by atoms with van der Waals surface area (Å²) < 4.78 is 1.04. The number of aryl methyl sites for hydroxylation is 1. The van der Waals surface area contributed by atoms with E-state index in [0.717, 1.165) is 15.7 Å². The van der Waals surface area contributed by atoms with Crippen molar-refractivity contribution < 1.29 is 9.90 Å². The molecule has 0 bridgehead atoms. The predicted octanol–water partition coefficient (Wildman–Crippen LogP) is 4.63. The molecule has 0 aliphatic rings. The Morgan fingerprint density at radius 1 is 1.25 bits per heavy atom. The molecule has 1 unspecified atom stereocenters. The third kappa shape index (κ3) is 3.39. The fourth-order valence-corrected chi connectivity index (χ4v) is 2.47. The van der Waals surface area contributed by atoms with Crippen LogP contribution in [-0.2, 0) is 0 Å². The number of hydrogen-bond donors (Lipinski definition) is 2. The van der Waals surface area contributed by atoms with Gasteiger partial charge in [-0.25, -0.2) is 4.79 Å². The lowest BCUT2D eigenvalue weighted by molar-refractivity contribution is 0.0697.